The lowest BCUT2D eigenvalue weighted by Crippen LogP contribution is -2.32. The van der Waals surface area contributed by atoms with Gasteiger partial charge in [-0.3, -0.25) is 9.59 Å². The van der Waals surface area contributed by atoms with E-state index < -0.39 is 0 Å². The van der Waals surface area contributed by atoms with Crippen molar-refractivity contribution in [2.24, 2.45) is 0 Å². The molecule has 2 amide bonds. The van der Waals surface area contributed by atoms with E-state index in [4.69, 9.17) is 0 Å². The Hall–Kier alpha value is -2.62. The van der Waals surface area contributed by atoms with Crippen LogP contribution in [-0.2, 0) is 22.7 Å². The van der Waals surface area contributed by atoms with E-state index in [-0.39, 0.29) is 18.2 Å². The molecule has 2 aromatic carbocycles. The van der Waals surface area contributed by atoms with Crippen molar-refractivity contribution in [3.63, 3.8) is 0 Å². The highest BCUT2D eigenvalue weighted by Crippen LogP contribution is 2.05. The summed E-state index contributed by atoms with van der Waals surface area (Å²) in [6.07, 6.45) is -0.130. The smallest absolute Gasteiger partial charge is 0.232 e. The highest BCUT2D eigenvalue weighted by molar-refractivity contribution is 5.96. The maximum atomic E-state index is 12.1. The zero-order valence-corrected chi connectivity index (χ0v) is 13.6. The van der Waals surface area contributed by atoms with Gasteiger partial charge in [0.15, 0.2) is 0 Å². The number of hydrogen-bond acceptors (Lipinski definition) is 2. The summed E-state index contributed by atoms with van der Waals surface area (Å²) < 4.78 is 0. The minimum atomic E-state index is -0.253. The van der Waals surface area contributed by atoms with Gasteiger partial charge in [0, 0.05) is 20.1 Å². The van der Waals surface area contributed by atoms with Crippen LogP contribution >= 0.6 is 0 Å². The highest BCUT2D eigenvalue weighted by Gasteiger charge is 2.14. The summed E-state index contributed by atoms with van der Waals surface area (Å²) >= 11 is 0. The van der Waals surface area contributed by atoms with Gasteiger partial charge in [-0.15, -0.1) is 0 Å². The molecule has 0 heterocycles. The fourth-order valence-corrected chi connectivity index (χ4v) is 2.30. The Morgan fingerprint density at radius 1 is 1.00 bits per heavy atom. The first-order valence-corrected chi connectivity index (χ1v) is 7.65. The second kappa shape index (κ2) is 8.13. The molecule has 0 fully saturated rings. The normalized spacial score (nSPS) is 10.2. The van der Waals surface area contributed by atoms with Crippen molar-refractivity contribution >= 4 is 11.8 Å². The fraction of sp³-hybridized carbons (Fsp3) is 0.263. The topological polar surface area (TPSA) is 49.4 Å². The third-order valence-electron chi connectivity index (χ3n) is 3.57. The van der Waals surface area contributed by atoms with Crippen LogP contribution < -0.4 is 5.32 Å². The first kappa shape index (κ1) is 16.7. The molecular formula is C19H22N2O2. The van der Waals surface area contributed by atoms with Crippen LogP contribution in [0.1, 0.15) is 23.1 Å². The van der Waals surface area contributed by atoms with Gasteiger partial charge in [-0.2, -0.15) is 0 Å². The van der Waals surface area contributed by atoms with E-state index in [0.717, 1.165) is 16.7 Å². The fourth-order valence-electron chi connectivity index (χ4n) is 2.30. The van der Waals surface area contributed by atoms with Gasteiger partial charge in [0.1, 0.15) is 6.42 Å². The number of nitrogens with one attached hydrogen (secondary N) is 1. The van der Waals surface area contributed by atoms with E-state index in [1.807, 2.05) is 61.5 Å². The number of rotatable bonds is 6. The first-order valence-electron chi connectivity index (χ1n) is 7.65. The molecule has 4 nitrogen and oxygen atoms in total. The van der Waals surface area contributed by atoms with Crippen molar-refractivity contribution in [1.29, 1.82) is 0 Å². The maximum Gasteiger partial charge on any atom is 0.232 e. The van der Waals surface area contributed by atoms with E-state index >= 15 is 0 Å². The van der Waals surface area contributed by atoms with Gasteiger partial charge in [-0.1, -0.05) is 60.2 Å². The molecule has 0 aliphatic carbocycles. The zero-order valence-electron chi connectivity index (χ0n) is 13.6. The minimum absolute atomic E-state index is 0.130. The lowest BCUT2D eigenvalue weighted by atomic mass is 10.1. The third-order valence-corrected chi connectivity index (χ3v) is 3.57. The van der Waals surface area contributed by atoms with Gasteiger partial charge in [0.05, 0.1) is 0 Å². The number of hydrogen-bond donors (Lipinski definition) is 1. The largest absolute Gasteiger partial charge is 0.352 e. The van der Waals surface area contributed by atoms with Crippen LogP contribution in [0.4, 0.5) is 0 Å². The monoisotopic (exact) mass is 310 g/mol. The second-order valence-corrected chi connectivity index (χ2v) is 5.68. The van der Waals surface area contributed by atoms with Crippen LogP contribution in [0.15, 0.2) is 54.6 Å². The lowest BCUT2D eigenvalue weighted by molar-refractivity contribution is -0.135. The van der Waals surface area contributed by atoms with Gasteiger partial charge in [0.25, 0.3) is 0 Å². The first-order chi connectivity index (χ1) is 11.0. The predicted octanol–water partition coefficient (Wildman–Crippen LogP) is 2.66. The number of carbonyl (C=O) groups excluding carboxylic acids is 2. The van der Waals surface area contributed by atoms with Gasteiger partial charge in [0.2, 0.25) is 11.8 Å². The molecule has 0 saturated carbocycles. The standard InChI is InChI=1S/C19H22N2O2/c1-15-7-6-10-17(11-15)13-20-18(22)12-19(23)21(2)14-16-8-4-3-5-9-16/h3-11H,12-14H2,1-2H3,(H,20,22). The Balaban J connectivity index is 1.79. The Kier molecular flexibility index (Phi) is 5.92. The molecule has 0 aliphatic rings. The van der Waals surface area contributed by atoms with Crippen molar-refractivity contribution in [3.8, 4) is 0 Å². The van der Waals surface area contributed by atoms with Gasteiger partial charge in [-0.05, 0) is 18.1 Å². The molecule has 0 bridgehead atoms. The molecule has 0 saturated heterocycles. The predicted molar refractivity (Wildman–Crippen MR) is 90.6 cm³/mol. The summed E-state index contributed by atoms with van der Waals surface area (Å²) in [5.74, 6) is -0.438. The summed E-state index contributed by atoms with van der Waals surface area (Å²) in [6, 6.07) is 17.7. The average Bonchev–Trinajstić information content (AvgIpc) is 2.54. The van der Waals surface area contributed by atoms with Crippen molar-refractivity contribution in [1.82, 2.24) is 10.2 Å². The Labute approximate surface area is 137 Å². The van der Waals surface area contributed by atoms with Crippen LogP contribution in [0.25, 0.3) is 0 Å². The van der Waals surface area contributed by atoms with Crippen LogP contribution in [0.5, 0.6) is 0 Å². The minimum Gasteiger partial charge on any atom is -0.352 e. The Bertz CT molecular complexity index is 668. The molecule has 4 heteroatoms. The summed E-state index contributed by atoms with van der Waals surface area (Å²) in [5.41, 5.74) is 3.22. The summed E-state index contributed by atoms with van der Waals surface area (Å²) in [5, 5.41) is 2.79. The second-order valence-electron chi connectivity index (χ2n) is 5.68. The van der Waals surface area contributed by atoms with E-state index in [9.17, 15) is 9.59 Å². The highest BCUT2D eigenvalue weighted by atomic mass is 16.2. The molecule has 1 N–H and O–H groups in total. The SMILES string of the molecule is Cc1cccc(CNC(=O)CC(=O)N(C)Cc2ccccc2)c1. The maximum absolute atomic E-state index is 12.1. The molecule has 23 heavy (non-hydrogen) atoms. The summed E-state index contributed by atoms with van der Waals surface area (Å²) in [6.45, 7) is 2.95. The lowest BCUT2D eigenvalue weighted by Gasteiger charge is -2.17. The van der Waals surface area contributed by atoms with Crippen LogP contribution in [0.3, 0.4) is 0 Å². The van der Waals surface area contributed by atoms with Crippen molar-refractivity contribution < 1.29 is 9.59 Å². The Morgan fingerprint density at radius 2 is 1.70 bits per heavy atom. The quantitative estimate of drug-likeness (QED) is 0.834. The molecule has 0 unspecified atom stereocenters. The summed E-state index contributed by atoms with van der Waals surface area (Å²) in [7, 11) is 1.71. The molecule has 0 aromatic heterocycles. The number of benzene rings is 2. The molecular weight excluding hydrogens is 288 g/mol. The van der Waals surface area contributed by atoms with Crippen molar-refractivity contribution in [3.05, 3.63) is 71.3 Å². The van der Waals surface area contributed by atoms with Crippen molar-refractivity contribution in [2.75, 3.05) is 7.05 Å². The molecule has 2 rings (SSSR count). The van der Waals surface area contributed by atoms with E-state index in [1.54, 1.807) is 11.9 Å². The van der Waals surface area contributed by atoms with Crippen molar-refractivity contribution in [2.45, 2.75) is 26.4 Å². The molecule has 0 radical (unpaired) electrons. The van der Waals surface area contributed by atoms with E-state index in [1.165, 1.54) is 0 Å². The van der Waals surface area contributed by atoms with Gasteiger partial charge >= 0.3 is 0 Å². The molecule has 120 valence electrons. The molecule has 0 aliphatic heterocycles. The van der Waals surface area contributed by atoms with Crippen LogP contribution in [0, 0.1) is 6.92 Å². The zero-order chi connectivity index (χ0) is 16.7. The number of nitrogens with zero attached hydrogens (tertiary/aromatic N) is 1. The number of carbonyl (C=O) groups is 2. The van der Waals surface area contributed by atoms with Gasteiger partial charge < -0.3 is 10.2 Å². The van der Waals surface area contributed by atoms with Gasteiger partial charge in [-0.25, -0.2) is 0 Å². The van der Waals surface area contributed by atoms with E-state index in [0.29, 0.717) is 13.1 Å². The number of aryl methyl sites for hydroxylation is 1. The average molecular weight is 310 g/mol. The summed E-state index contributed by atoms with van der Waals surface area (Å²) in [4.78, 5) is 25.6. The molecule has 2 aromatic rings. The van der Waals surface area contributed by atoms with Crippen LogP contribution in [-0.4, -0.2) is 23.8 Å². The Morgan fingerprint density at radius 3 is 2.39 bits per heavy atom. The molecule has 0 atom stereocenters. The molecule has 0 spiro atoms. The number of amides is 2. The third kappa shape index (κ3) is 5.58. The van der Waals surface area contributed by atoms with E-state index in [2.05, 4.69) is 5.32 Å². The van der Waals surface area contributed by atoms with Crippen LogP contribution in [0.2, 0.25) is 0 Å².